The van der Waals surface area contributed by atoms with Gasteiger partial charge in [0, 0.05) is 22.9 Å². The van der Waals surface area contributed by atoms with E-state index >= 15 is 0 Å². The second-order valence-corrected chi connectivity index (χ2v) is 5.94. The Bertz CT molecular complexity index is 969. The Labute approximate surface area is 156 Å². The number of hydrogen-bond donors (Lipinski definition) is 1. The largest absolute Gasteiger partial charge is 0.493 e. The van der Waals surface area contributed by atoms with Gasteiger partial charge in [0.05, 0.1) is 20.8 Å². The number of hydrogen-bond acceptors (Lipinski definition) is 4. The Balaban J connectivity index is 1.76. The maximum atomic E-state index is 13.8. The Hall–Kier alpha value is -3.35. The molecule has 2 aromatic carbocycles. The van der Waals surface area contributed by atoms with Gasteiger partial charge < -0.3 is 14.8 Å². The maximum absolute atomic E-state index is 13.8. The van der Waals surface area contributed by atoms with Crippen LogP contribution in [0.4, 0.5) is 10.2 Å². The maximum Gasteiger partial charge on any atom is 0.257 e. The summed E-state index contributed by atoms with van der Waals surface area (Å²) in [5, 5.41) is 7.10. The lowest BCUT2D eigenvalue weighted by Gasteiger charge is -2.09. The standard InChI is InChI=1S/C20H20FN3O3/c1-13-10-19(23-24(13)12-15-6-4-5-7-16(15)21)22-20(25)14-8-9-17(26-2)18(11-14)27-3/h4-11H,12H2,1-3H3,(H,22,23,25). The minimum Gasteiger partial charge on any atom is -0.493 e. The quantitative estimate of drug-likeness (QED) is 0.720. The van der Waals surface area contributed by atoms with Crippen molar-refractivity contribution in [1.82, 2.24) is 9.78 Å². The Morgan fingerprint density at radius 1 is 1.11 bits per heavy atom. The van der Waals surface area contributed by atoms with Gasteiger partial charge in [-0.25, -0.2) is 4.39 Å². The molecule has 0 unspecified atom stereocenters. The van der Waals surface area contributed by atoms with Crippen LogP contribution in [0.5, 0.6) is 11.5 Å². The lowest BCUT2D eigenvalue weighted by atomic mass is 10.2. The number of halogens is 1. The second-order valence-electron chi connectivity index (χ2n) is 5.94. The molecule has 0 radical (unpaired) electrons. The van der Waals surface area contributed by atoms with Gasteiger partial charge in [-0.1, -0.05) is 18.2 Å². The van der Waals surface area contributed by atoms with E-state index in [1.807, 2.05) is 6.92 Å². The molecule has 27 heavy (non-hydrogen) atoms. The van der Waals surface area contributed by atoms with E-state index in [2.05, 4.69) is 10.4 Å². The average Bonchev–Trinajstić information content (AvgIpc) is 3.01. The van der Waals surface area contributed by atoms with Crippen LogP contribution in [0.2, 0.25) is 0 Å². The number of benzene rings is 2. The number of carbonyl (C=O) groups is 1. The van der Waals surface area contributed by atoms with Crippen LogP contribution in [-0.2, 0) is 6.54 Å². The van der Waals surface area contributed by atoms with Crippen molar-refractivity contribution in [3.63, 3.8) is 0 Å². The molecule has 140 valence electrons. The van der Waals surface area contributed by atoms with Crippen molar-refractivity contribution in [3.8, 4) is 11.5 Å². The van der Waals surface area contributed by atoms with Crippen molar-refractivity contribution in [2.24, 2.45) is 0 Å². The van der Waals surface area contributed by atoms with E-state index in [9.17, 15) is 9.18 Å². The van der Waals surface area contributed by atoms with Crippen molar-refractivity contribution < 1.29 is 18.7 Å². The normalized spacial score (nSPS) is 10.5. The summed E-state index contributed by atoms with van der Waals surface area (Å²) in [7, 11) is 3.04. The number of aromatic nitrogens is 2. The van der Waals surface area contributed by atoms with Crippen LogP contribution < -0.4 is 14.8 Å². The fraction of sp³-hybridized carbons (Fsp3) is 0.200. The second kappa shape index (κ2) is 7.90. The number of rotatable bonds is 6. The lowest BCUT2D eigenvalue weighted by molar-refractivity contribution is 0.102. The number of nitrogens with one attached hydrogen (secondary N) is 1. The summed E-state index contributed by atoms with van der Waals surface area (Å²) in [5.74, 6) is 0.781. The molecule has 0 saturated heterocycles. The minimum absolute atomic E-state index is 0.282. The van der Waals surface area contributed by atoms with Crippen LogP contribution in [0.25, 0.3) is 0 Å². The first-order valence-electron chi connectivity index (χ1n) is 8.33. The van der Waals surface area contributed by atoms with Crippen molar-refractivity contribution in [3.05, 3.63) is 71.2 Å². The molecule has 0 aliphatic carbocycles. The molecule has 6 nitrogen and oxygen atoms in total. The highest BCUT2D eigenvalue weighted by Crippen LogP contribution is 2.27. The van der Waals surface area contributed by atoms with Gasteiger partial charge in [-0.3, -0.25) is 9.48 Å². The Kier molecular flexibility index (Phi) is 5.40. The Morgan fingerprint density at radius 3 is 2.56 bits per heavy atom. The van der Waals surface area contributed by atoms with E-state index in [-0.39, 0.29) is 18.3 Å². The van der Waals surface area contributed by atoms with Gasteiger partial charge in [-0.05, 0) is 31.2 Å². The molecular formula is C20H20FN3O3. The monoisotopic (exact) mass is 369 g/mol. The molecule has 1 heterocycles. The molecular weight excluding hydrogens is 349 g/mol. The zero-order valence-corrected chi connectivity index (χ0v) is 15.3. The molecule has 1 amide bonds. The summed E-state index contributed by atoms with van der Waals surface area (Å²) in [6.07, 6.45) is 0. The molecule has 3 rings (SSSR count). The number of carbonyl (C=O) groups excluding carboxylic acids is 1. The van der Waals surface area contributed by atoms with Crippen LogP contribution in [0, 0.1) is 12.7 Å². The minimum atomic E-state index is -0.327. The predicted molar refractivity (Wildman–Crippen MR) is 100.0 cm³/mol. The lowest BCUT2D eigenvalue weighted by Crippen LogP contribution is -2.13. The highest BCUT2D eigenvalue weighted by atomic mass is 19.1. The van der Waals surface area contributed by atoms with Gasteiger partial charge in [-0.15, -0.1) is 0 Å². The fourth-order valence-electron chi connectivity index (χ4n) is 2.69. The number of ether oxygens (including phenoxy) is 2. The van der Waals surface area contributed by atoms with E-state index in [1.165, 1.54) is 20.3 Å². The first-order valence-corrected chi connectivity index (χ1v) is 8.33. The Morgan fingerprint density at radius 2 is 1.85 bits per heavy atom. The summed E-state index contributed by atoms with van der Waals surface area (Å²) >= 11 is 0. The zero-order chi connectivity index (χ0) is 19.4. The molecule has 0 aliphatic rings. The highest BCUT2D eigenvalue weighted by molar-refractivity contribution is 6.04. The van der Waals surface area contributed by atoms with Gasteiger partial charge in [0.1, 0.15) is 5.82 Å². The molecule has 3 aromatic rings. The van der Waals surface area contributed by atoms with Gasteiger partial charge in [0.2, 0.25) is 0 Å². The number of methoxy groups -OCH3 is 2. The molecule has 0 atom stereocenters. The van der Waals surface area contributed by atoms with E-state index in [1.54, 1.807) is 47.1 Å². The summed E-state index contributed by atoms with van der Waals surface area (Å²) in [6.45, 7) is 2.13. The van der Waals surface area contributed by atoms with Crippen molar-refractivity contribution >= 4 is 11.7 Å². The molecule has 1 N–H and O–H groups in total. The molecule has 0 aliphatic heterocycles. The molecule has 0 spiro atoms. The van der Waals surface area contributed by atoms with Crippen LogP contribution >= 0.6 is 0 Å². The average molecular weight is 369 g/mol. The van der Waals surface area contributed by atoms with E-state index < -0.39 is 0 Å². The summed E-state index contributed by atoms with van der Waals surface area (Å²) in [6, 6.07) is 13.2. The van der Waals surface area contributed by atoms with Gasteiger partial charge >= 0.3 is 0 Å². The topological polar surface area (TPSA) is 65.4 Å². The van der Waals surface area contributed by atoms with Crippen LogP contribution in [0.1, 0.15) is 21.6 Å². The first-order chi connectivity index (χ1) is 13.0. The first kappa shape index (κ1) is 18.4. The molecule has 7 heteroatoms. The van der Waals surface area contributed by atoms with Crippen LogP contribution in [0.15, 0.2) is 48.5 Å². The van der Waals surface area contributed by atoms with Crippen molar-refractivity contribution in [2.45, 2.75) is 13.5 Å². The third-order valence-corrected chi connectivity index (χ3v) is 4.15. The van der Waals surface area contributed by atoms with E-state index in [0.717, 1.165) is 5.69 Å². The van der Waals surface area contributed by atoms with Gasteiger partial charge in [-0.2, -0.15) is 5.10 Å². The van der Waals surface area contributed by atoms with Crippen molar-refractivity contribution in [1.29, 1.82) is 0 Å². The summed E-state index contributed by atoms with van der Waals surface area (Å²) < 4.78 is 25.9. The number of anilines is 1. The van der Waals surface area contributed by atoms with Crippen molar-refractivity contribution in [2.75, 3.05) is 19.5 Å². The molecule has 1 aromatic heterocycles. The van der Waals surface area contributed by atoms with E-state index in [0.29, 0.717) is 28.4 Å². The third kappa shape index (κ3) is 4.08. The summed E-state index contributed by atoms with van der Waals surface area (Å²) in [5.41, 5.74) is 1.75. The van der Waals surface area contributed by atoms with Gasteiger partial charge in [0.25, 0.3) is 5.91 Å². The molecule has 0 saturated carbocycles. The number of nitrogens with zero attached hydrogens (tertiary/aromatic N) is 2. The fourth-order valence-corrected chi connectivity index (χ4v) is 2.69. The third-order valence-electron chi connectivity index (χ3n) is 4.15. The zero-order valence-electron chi connectivity index (χ0n) is 15.3. The van der Waals surface area contributed by atoms with Gasteiger partial charge in [0.15, 0.2) is 17.3 Å². The highest BCUT2D eigenvalue weighted by Gasteiger charge is 2.14. The SMILES string of the molecule is COc1ccc(C(=O)Nc2cc(C)n(Cc3ccccc3F)n2)cc1OC. The smallest absolute Gasteiger partial charge is 0.257 e. The van der Waals surface area contributed by atoms with E-state index in [4.69, 9.17) is 9.47 Å². The number of amides is 1. The molecule has 0 bridgehead atoms. The van der Waals surface area contributed by atoms with Crippen LogP contribution in [0.3, 0.4) is 0 Å². The molecule has 0 fully saturated rings. The number of aryl methyl sites for hydroxylation is 1. The predicted octanol–water partition coefficient (Wildman–Crippen LogP) is 3.65. The summed E-state index contributed by atoms with van der Waals surface area (Å²) in [4.78, 5) is 12.5. The van der Waals surface area contributed by atoms with Crippen LogP contribution in [-0.4, -0.2) is 29.9 Å².